The van der Waals surface area contributed by atoms with Crippen molar-refractivity contribution in [2.45, 2.75) is 135 Å². The molecule has 0 saturated heterocycles. The molecule has 4 atom stereocenters. The minimum Gasteiger partial charge on any atom is -0.461 e. The van der Waals surface area contributed by atoms with E-state index in [0.717, 1.165) is 80.9 Å². The summed E-state index contributed by atoms with van der Waals surface area (Å²) in [7, 11) is -3.65. The number of nitriles is 1. The van der Waals surface area contributed by atoms with Crippen molar-refractivity contribution >= 4 is 16.0 Å². The Morgan fingerprint density at radius 1 is 0.872 bits per heavy atom. The number of fused-ring (bicyclic) bond motifs is 2. The molecule has 4 aliphatic carbocycles. The maximum Gasteiger partial charge on any atom is 0.327 e. The first-order valence-electron chi connectivity index (χ1n) is 18.2. The lowest BCUT2D eigenvalue weighted by Crippen LogP contribution is -2.55. The van der Waals surface area contributed by atoms with E-state index in [1.165, 1.54) is 12.8 Å². The molecule has 2 aromatic carbocycles. The van der Waals surface area contributed by atoms with E-state index in [-0.39, 0.29) is 42.0 Å². The fourth-order valence-electron chi connectivity index (χ4n) is 9.90. The van der Waals surface area contributed by atoms with Crippen LogP contribution in [0, 0.1) is 40.4 Å². The van der Waals surface area contributed by atoms with Gasteiger partial charge in [-0.1, -0.05) is 113 Å². The molecular formula is C40H54N2O4S. The highest BCUT2D eigenvalue weighted by Crippen LogP contribution is 2.67. The van der Waals surface area contributed by atoms with Crippen molar-refractivity contribution in [2.75, 3.05) is 5.75 Å². The van der Waals surface area contributed by atoms with Gasteiger partial charge in [-0.25, -0.2) is 8.42 Å². The number of sulfonamides is 1. The van der Waals surface area contributed by atoms with Crippen LogP contribution in [0.3, 0.4) is 0 Å². The number of nitrogens with zero attached hydrogens (tertiary/aromatic N) is 2. The molecule has 4 saturated carbocycles. The smallest absolute Gasteiger partial charge is 0.327 e. The fraction of sp³-hybridized carbons (Fsp3) is 0.650. The lowest BCUT2D eigenvalue weighted by atomic mass is 9.69. The first kappa shape index (κ1) is 34.2. The van der Waals surface area contributed by atoms with Crippen molar-refractivity contribution in [3.8, 4) is 6.07 Å². The molecule has 2 aromatic rings. The summed E-state index contributed by atoms with van der Waals surface area (Å²) in [6, 6.07) is 20.3. The molecule has 0 aliphatic heterocycles. The molecule has 0 spiro atoms. The predicted molar refractivity (Wildman–Crippen MR) is 186 cm³/mol. The number of hydrogen-bond donors (Lipinski definition) is 0. The number of hydrogen-bond acceptors (Lipinski definition) is 5. The van der Waals surface area contributed by atoms with Crippen molar-refractivity contribution in [3.05, 3.63) is 71.3 Å². The first-order valence-corrected chi connectivity index (χ1v) is 19.8. The summed E-state index contributed by atoms with van der Waals surface area (Å²) in [5, 5.41) is 10.8. The van der Waals surface area contributed by atoms with Gasteiger partial charge in [-0.05, 0) is 74.3 Å². The Labute approximate surface area is 283 Å². The molecule has 6 nitrogen and oxygen atoms in total. The SMILES string of the molecule is Cc1ccc(CC(C#N)(Cc2ccccc2)C(=O)O[C@@H]2C[C@H]3CC[C@]2(CS(=O)(=O)N(C2CCCCC2)C2CCCCC2)C3(C)C)cc1. The lowest BCUT2D eigenvalue weighted by Gasteiger charge is -2.46. The molecule has 4 fully saturated rings. The maximum atomic E-state index is 14.9. The van der Waals surface area contributed by atoms with Crippen molar-refractivity contribution in [1.29, 1.82) is 5.26 Å². The van der Waals surface area contributed by atoms with Crippen molar-refractivity contribution in [2.24, 2.45) is 22.2 Å². The van der Waals surface area contributed by atoms with E-state index in [1.54, 1.807) is 0 Å². The number of esters is 1. The van der Waals surface area contributed by atoms with Crippen LogP contribution in [0.15, 0.2) is 54.6 Å². The Bertz CT molecular complexity index is 1520. The standard InChI is InChI=1S/C40H54N2O4S/c1-30-19-21-32(22-20-30)27-39(28-41,26-31-13-7-4-8-14-31)37(43)46-36-25-33-23-24-40(36,38(33,2)3)29-47(44,45)42(34-15-9-5-10-16-34)35-17-11-6-12-18-35/h4,7-8,13-14,19-22,33-36H,5-6,9-12,15-18,23-27,29H2,1-3H3/t33-,36-,39?,40-/m1/s1. The minimum absolute atomic E-state index is 0.0185. The molecule has 1 unspecified atom stereocenters. The van der Waals surface area contributed by atoms with Crippen molar-refractivity contribution in [1.82, 2.24) is 4.31 Å². The first-order chi connectivity index (χ1) is 22.5. The molecule has 0 aromatic heterocycles. The summed E-state index contributed by atoms with van der Waals surface area (Å²) in [6.45, 7) is 6.42. The molecule has 0 amide bonds. The Hall–Kier alpha value is -2.69. The number of ether oxygens (including phenoxy) is 1. The topological polar surface area (TPSA) is 87.5 Å². The lowest BCUT2D eigenvalue weighted by molar-refractivity contribution is -0.165. The molecule has 6 rings (SSSR count). The van der Waals surface area contributed by atoms with E-state index >= 15 is 0 Å². The van der Waals surface area contributed by atoms with Gasteiger partial charge in [0.05, 0.1) is 11.8 Å². The van der Waals surface area contributed by atoms with Gasteiger partial charge < -0.3 is 4.74 Å². The Kier molecular flexibility index (Phi) is 9.94. The van der Waals surface area contributed by atoms with Gasteiger partial charge in [0.1, 0.15) is 6.10 Å². The van der Waals surface area contributed by atoms with Crippen LogP contribution in [0.1, 0.15) is 114 Å². The molecule has 7 heteroatoms. The Morgan fingerprint density at radius 2 is 1.43 bits per heavy atom. The van der Waals surface area contributed by atoms with E-state index in [2.05, 4.69) is 19.9 Å². The molecule has 2 bridgehead atoms. The molecule has 0 radical (unpaired) electrons. The molecule has 0 N–H and O–H groups in total. The zero-order valence-electron chi connectivity index (χ0n) is 28.8. The average Bonchev–Trinajstić information content (AvgIpc) is 3.42. The van der Waals surface area contributed by atoms with E-state index in [4.69, 9.17) is 4.74 Å². The summed E-state index contributed by atoms with van der Waals surface area (Å²) in [5.74, 6) is -0.230. The zero-order valence-corrected chi connectivity index (χ0v) is 29.6. The van der Waals surface area contributed by atoms with Crippen LogP contribution < -0.4 is 0 Å². The monoisotopic (exact) mass is 658 g/mol. The van der Waals surface area contributed by atoms with Crippen LogP contribution >= 0.6 is 0 Å². The van der Waals surface area contributed by atoms with Gasteiger partial charge in [-0.15, -0.1) is 0 Å². The quantitative estimate of drug-likeness (QED) is 0.227. The van der Waals surface area contributed by atoms with Crippen LogP contribution in [0.5, 0.6) is 0 Å². The Morgan fingerprint density at radius 3 is 1.96 bits per heavy atom. The van der Waals surface area contributed by atoms with Gasteiger partial charge in [0.25, 0.3) is 0 Å². The molecular weight excluding hydrogens is 605 g/mol. The third kappa shape index (κ3) is 6.66. The highest BCUT2D eigenvalue weighted by Gasteiger charge is 2.67. The van der Waals surface area contributed by atoms with Gasteiger partial charge in [0.15, 0.2) is 5.41 Å². The van der Waals surface area contributed by atoms with E-state index < -0.39 is 32.9 Å². The van der Waals surface area contributed by atoms with Gasteiger partial charge >= 0.3 is 5.97 Å². The molecule has 0 heterocycles. The fourth-order valence-corrected chi connectivity index (χ4v) is 12.7. The van der Waals surface area contributed by atoms with Crippen LogP contribution in [0.4, 0.5) is 0 Å². The second-order valence-corrected chi connectivity index (χ2v) is 17.8. The molecule has 4 aliphatic rings. The van der Waals surface area contributed by atoms with Gasteiger partial charge in [0.2, 0.25) is 10.0 Å². The normalized spacial score (nSPS) is 27.7. The number of carbonyl (C=O) groups is 1. The molecule has 254 valence electrons. The Balaban J connectivity index is 1.32. The third-order valence-electron chi connectivity index (χ3n) is 12.8. The minimum atomic E-state index is -3.65. The van der Waals surface area contributed by atoms with Gasteiger partial charge in [0, 0.05) is 30.3 Å². The van der Waals surface area contributed by atoms with E-state index in [1.807, 2.05) is 65.8 Å². The van der Waals surface area contributed by atoms with Crippen LogP contribution in [-0.4, -0.2) is 42.6 Å². The van der Waals surface area contributed by atoms with Gasteiger partial charge in [-0.2, -0.15) is 9.57 Å². The number of carbonyl (C=O) groups excluding carboxylic acids is 1. The summed E-state index contributed by atoms with van der Waals surface area (Å²) < 4.78 is 38.3. The van der Waals surface area contributed by atoms with Gasteiger partial charge in [-0.3, -0.25) is 4.79 Å². The van der Waals surface area contributed by atoms with Crippen LogP contribution in [0.25, 0.3) is 0 Å². The van der Waals surface area contributed by atoms with E-state index in [9.17, 15) is 18.5 Å². The summed E-state index contributed by atoms with van der Waals surface area (Å²) >= 11 is 0. The van der Waals surface area contributed by atoms with Crippen molar-refractivity contribution in [3.63, 3.8) is 0 Å². The average molecular weight is 659 g/mol. The third-order valence-corrected chi connectivity index (χ3v) is 14.9. The summed E-state index contributed by atoms with van der Waals surface area (Å²) in [5.41, 5.74) is 0.502. The van der Waals surface area contributed by atoms with Crippen LogP contribution in [-0.2, 0) is 32.4 Å². The second-order valence-electron chi connectivity index (χ2n) is 15.9. The largest absolute Gasteiger partial charge is 0.461 e. The van der Waals surface area contributed by atoms with E-state index in [0.29, 0.717) is 6.42 Å². The van der Waals surface area contributed by atoms with Crippen LogP contribution in [0.2, 0.25) is 0 Å². The second kappa shape index (κ2) is 13.7. The summed E-state index contributed by atoms with van der Waals surface area (Å²) in [4.78, 5) is 14.5. The highest BCUT2D eigenvalue weighted by molar-refractivity contribution is 7.89. The zero-order chi connectivity index (χ0) is 33.3. The number of benzene rings is 2. The molecule has 47 heavy (non-hydrogen) atoms. The number of rotatable bonds is 11. The highest BCUT2D eigenvalue weighted by atomic mass is 32.2. The van der Waals surface area contributed by atoms with Crippen molar-refractivity contribution < 1.29 is 17.9 Å². The summed E-state index contributed by atoms with van der Waals surface area (Å²) in [6.07, 6.45) is 12.7. The maximum absolute atomic E-state index is 14.9. The predicted octanol–water partition coefficient (Wildman–Crippen LogP) is 8.33. The number of aryl methyl sites for hydroxylation is 1.